The van der Waals surface area contributed by atoms with Crippen LogP contribution in [0.4, 0.5) is 5.69 Å². The maximum atomic E-state index is 3.51. The first-order valence-corrected chi connectivity index (χ1v) is 7.06. The van der Waals surface area contributed by atoms with Gasteiger partial charge in [0.15, 0.2) is 0 Å². The lowest BCUT2D eigenvalue weighted by atomic mass is 10.1. The SMILES string of the molecule is CCN(CC)Cc1ccccc1NN(CC)CC. The molecule has 3 nitrogen and oxygen atoms in total. The molecule has 1 rings (SSSR count). The maximum Gasteiger partial charge on any atom is 0.0535 e. The number of hydrogen-bond donors (Lipinski definition) is 1. The van der Waals surface area contributed by atoms with Crippen LogP contribution in [0.5, 0.6) is 0 Å². The molecule has 0 bridgehead atoms. The average Bonchev–Trinajstić information content (AvgIpc) is 2.43. The number of benzene rings is 1. The van der Waals surface area contributed by atoms with Crippen molar-refractivity contribution in [1.82, 2.24) is 9.91 Å². The maximum absolute atomic E-state index is 3.51. The highest BCUT2D eigenvalue weighted by Gasteiger charge is 2.07. The summed E-state index contributed by atoms with van der Waals surface area (Å²) in [4.78, 5) is 2.43. The van der Waals surface area contributed by atoms with Crippen molar-refractivity contribution < 1.29 is 0 Å². The van der Waals surface area contributed by atoms with Crippen LogP contribution in [-0.2, 0) is 6.54 Å². The first-order valence-electron chi connectivity index (χ1n) is 7.06. The second kappa shape index (κ2) is 8.11. The van der Waals surface area contributed by atoms with Gasteiger partial charge in [0.25, 0.3) is 0 Å². The number of nitrogens with one attached hydrogen (secondary N) is 1. The Balaban J connectivity index is 2.78. The van der Waals surface area contributed by atoms with Crippen molar-refractivity contribution in [1.29, 1.82) is 0 Å². The fourth-order valence-corrected chi connectivity index (χ4v) is 2.01. The van der Waals surface area contributed by atoms with E-state index < -0.39 is 0 Å². The van der Waals surface area contributed by atoms with E-state index >= 15 is 0 Å². The predicted molar refractivity (Wildman–Crippen MR) is 79.6 cm³/mol. The lowest BCUT2D eigenvalue weighted by Crippen LogP contribution is -2.30. The zero-order valence-electron chi connectivity index (χ0n) is 12.2. The summed E-state index contributed by atoms with van der Waals surface area (Å²) in [5.74, 6) is 0. The smallest absolute Gasteiger partial charge is 0.0535 e. The second-order valence-electron chi connectivity index (χ2n) is 4.40. The van der Waals surface area contributed by atoms with Crippen LogP contribution in [0.25, 0.3) is 0 Å². The molecular formula is C15H27N3. The van der Waals surface area contributed by atoms with E-state index in [1.807, 2.05) is 0 Å². The Bertz CT molecular complexity index is 297. The van der Waals surface area contributed by atoms with E-state index in [1.54, 1.807) is 0 Å². The standard InChI is InChI=1S/C15H27N3/c1-5-17(6-2)13-14-11-9-10-12-15(14)16-18(7-3)8-4/h9-12,16H,5-8,13H2,1-4H3. The number of nitrogens with zero attached hydrogens (tertiary/aromatic N) is 2. The fourth-order valence-electron chi connectivity index (χ4n) is 2.01. The monoisotopic (exact) mass is 249 g/mol. The molecule has 0 amide bonds. The molecule has 0 unspecified atom stereocenters. The van der Waals surface area contributed by atoms with Crippen LogP contribution in [0.1, 0.15) is 33.3 Å². The molecule has 0 saturated heterocycles. The topological polar surface area (TPSA) is 18.5 Å². The van der Waals surface area contributed by atoms with Crippen molar-refractivity contribution in [3.05, 3.63) is 29.8 Å². The predicted octanol–water partition coefficient (Wildman–Crippen LogP) is 3.20. The molecular weight excluding hydrogens is 222 g/mol. The van der Waals surface area contributed by atoms with Crippen LogP contribution in [0, 0.1) is 0 Å². The van der Waals surface area contributed by atoms with Crippen LogP contribution in [0.3, 0.4) is 0 Å². The molecule has 3 heteroatoms. The molecule has 1 aromatic carbocycles. The van der Waals surface area contributed by atoms with Gasteiger partial charge in [0, 0.05) is 19.6 Å². The quantitative estimate of drug-likeness (QED) is 0.714. The summed E-state index contributed by atoms with van der Waals surface area (Å²) in [5.41, 5.74) is 6.11. The van der Waals surface area contributed by atoms with E-state index in [0.29, 0.717) is 0 Å². The molecule has 0 heterocycles. The van der Waals surface area contributed by atoms with Crippen LogP contribution < -0.4 is 5.43 Å². The number of para-hydroxylation sites is 1. The van der Waals surface area contributed by atoms with Crippen molar-refractivity contribution in [3.8, 4) is 0 Å². The van der Waals surface area contributed by atoms with Gasteiger partial charge in [-0.05, 0) is 24.7 Å². The summed E-state index contributed by atoms with van der Waals surface area (Å²) >= 11 is 0. The number of hydrazine groups is 1. The molecule has 0 aliphatic rings. The van der Waals surface area contributed by atoms with Crippen molar-refractivity contribution in [3.63, 3.8) is 0 Å². The molecule has 102 valence electrons. The zero-order valence-corrected chi connectivity index (χ0v) is 12.2. The summed E-state index contributed by atoms with van der Waals surface area (Å²) in [6, 6.07) is 8.59. The lowest BCUT2D eigenvalue weighted by molar-refractivity contribution is 0.295. The Hall–Kier alpha value is -1.06. The first-order chi connectivity index (χ1) is 8.74. The van der Waals surface area contributed by atoms with Gasteiger partial charge in [0.05, 0.1) is 5.69 Å². The Morgan fingerprint density at radius 1 is 0.889 bits per heavy atom. The number of rotatable bonds is 8. The Morgan fingerprint density at radius 2 is 1.50 bits per heavy atom. The minimum Gasteiger partial charge on any atom is -0.319 e. The van der Waals surface area contributed by atoms with E-state index in [0.717, 1.165) is 32.7 Å². The van der Waals surface area contributed by atoms with Gasteiger partial charge < -0.3 is 5.43 Å². The third-order valence-corrected chi connectivity index (χ3v) is 3.35. The van der Waals surface area contributed by atoms with Gasteiger partial charge in [0.1, 0.15) is 0 Å². The van der Waals surface area contributed by atoms with Crippen molar-refractivity contribution in [2.75, 3.05) is 31.6 Å². The Morgan fingerprint density at radius 3 is 2.06 bits per heavy atom. The van der Waals surface area contributed by atoms with Gasteiger partial charge in [-0.1, -0.05) is 45.9 Å². The van der Waals surface area contributed by atoms with Gasteiger partial charge in [-0.25, -0.2) is 5.01 Å². The van der Waals surface area contributed by atoms with Gasteiger partial charge in [0.2, 0.25) is 0 Å². The van der Waals surface area contributed by atoms with Crippen LogP contribution in [0.15, 0.2) is 24.3 Å². The zero-order chi connectivity index (χ0) is 13.4. The van der Waals surface area contributed by atoms with Crippen molar-refractivity contribution in [2.24, 2.45) is 0 Å². The highest BCUT2D eigenvalue weighted by atomic mass is 15.5. The van der Waals surface area contributed by atoms with Gasteiger partial charge in [-0.3, -0.25) is 4.90 Å². The van der Waals surface area contributed by atoms with E-state index in [4.69, 9.17) is 0 Å². The highest BCUT2D eigenvalue weighted by Crippen LogP contribution is 2.17. The molecule has 0 atom stereocenters. The Kier molecular flexibility index (Phi) is 6.76. The molecule has 18 heavy (non-hydrogen) atoms. The molecule has 1 N–H and O–H groups in total. The molecule has 0 saturated carbocycles. The van der Waals surface area contributed by atoms with Crippen molar-refractivity contribution >= 4 is 5.69 Å². The minimum atomic E-state index is 1.01. The third kappa shape index (κ3) is 4.31. The molecule has 0 fully saturated rings. The van der Waals surface area contributed by atoms with Crippen LogP contribution in [-0.4, -0.2) is 36.1 Å². The van der Waals surface area contributed by atoms with E-state index in [1.165, 1.54) is 11.3 Å². The largest absolute Gasteiger partial charge is 0.319 e. The molecule has 0 spiro atoms. The Labute approximate surface area is 112 Å². The highest BCUT2D eigenvalue weighted by molar-refractivity contribution is 5.50. The summed E-state index contributed by atoms with van der Waals surface area (Å²) in [6.07, 6.45) is 0. The second-order valence-corrected chi connectivity index (χ2v) is 4.40. The molecule has 0 aliphatic carbocycles. The third-order valence-electron chi connectivity index (χ3n) is 3.35. The number of hydrogen-bond acceptors (Lipinski definition) is 3. The lowest BCUT2D eigenvalue weighted by Gasteiger charge is -2.25. The minimum absolute atomic E-state index is 1.01. The van der Waals surface area contributed by atoms with Crippen LogP contribution in [0.2, 0.25) is 0 Å². The molecule has 0 aromatic heterocycles. The van der Waals surface area contributed by atoms with Crippen LogP contribution >= 0.6 is 0 Å². The average molecular weight is 249 g/mol. The van der Waals surface area contributed by atoms with Gasteiger partial charge in [-0.15, -0.1) is 0 Å². The summed E-state index contributed by atoms with van der Waals surface area (Å²) in [5, 5.41) is 2.22. The van der Waals surface area contributed by atoms with Gasteiger partial charge in [-0.2, -0.15) is 0 Å². The summed E-state index contributed by atoms with van der Waals surface area (Å²) in [7, 11) is 0. The molecule has 1 aromatic rings. The van der Waals surface area contributed by atoms with E-state index in [-0.39, 0.29) is 0 Å². The fraction of sp³-hybridized carbons (Fsp3) is 0.600. The van der Waals surface area contributed by atoms with Gasteiger partial charge >= 0.3 is 0 Å². The van der Waals surface area contributed by atoms with E-state index in [9.17, 15) is 0 Å². The first kappa shape index (κ1) is 15.0. The summed E-state index contributed by atoms with van der Waals surface area (Å²) < 4.78 is 0. The molecule has 0 radical (unpaired) electrons. The molecule has 0 aliphatic heterocycles. The number of anilines is 1. The van der Waals surface area contributed by atoms with E-state index in [2.05, 4.69) is 67.3 Å². The normalized spacial score (nSPS) is 11.2. The van der Waals surface area contributed by atoms with Crippen molar-refractivity contribution in [2.45, 2.75) is 34.2 Å². The summed E-state index contributed by atoms with van der Waals surface area (Å²) in [6.45, 7) is 14.0.